The number of hydrogen-bond donors (Lipinski definition) is 2. The Morgan fingerprint density at radius 3 is 2.56 bits per heavy atom. The molecule has 0 saturated carbocycles. The van der Waals surface area contributed by atoms with Crippen molar-refractivity contribution in [1.82, 2.24) is 5.32 Å². The number of β-lactam (4-membered cyclic amide) rings is 1. The van der Waals surface area contributed by atoms with Gasteiger partial charge < -0.3 is 16.0 Å². The summed E-state index contributed by atoms with van der Waals surface area (Å²) in [5.74, 6) is -2.78. The third-order valence-corrected chi connectivity index (χ3v) is 2.56. The summed E-state index contributed by atoms with van der Waals surface area (Å²) in [6.07, 6.45) is 0.429. The van der Waals surface area contributed by atoms with E-state index in [0.717, 1.165) is 0 Å². The predicted molar refractivity (Wildman–Crippen MR) is 51.6 cm³/mol. The minimum atomic E-state index is -1.58. The second-order valence-electron chi connectivity index (χ2n) is 3.51. The Morgan fingerprint density at radius 2 is 2.19 bits per heavy atom. The summed E-state index contributed by atoms with van der Waals surface area (Å²) in [6.45, 7) is 1.80. The van der Waals surface area contributed by atoms with E-state index < -0.39 is 17.5 Å². The monoisotopic (exact) mass is 225 g/mol. The molecule has 0 aliphatic carbocycles. The van der Waals surface area contributed by atoms with Crippen LogP contribution in [0.25, 0.3) is 5.53 Å². The van der Waals surface area contributed by atoms with Crippen molar-refractivity contribution in [2.75, 3.05) is 0 Å². The van der Waals surface area contributed by atoms with Crippen LogP contribution in [0.1, 0.15) is 19.8 Å². The molecule has 7 nitrogen and oxygen atoms in total. The number of amides is 1. The van der Waals surface area contributed by atoms with Crippen LogP contribution in [0.3, 0.4) is 0 Å². The van der Waals surface area contributed by atoms with E-state index in [9.17, 15) is 14.4 Å². The lowest BCUT2D eigenvalue weighted by molar-refractivity contribution is -0.138. The topological polar surface area (TPSA) is 120 Å². The van der Waals surface area contributed by atoms with Gasteiger partial charge in [0.25, 0.3) is 5.78 Å². The first-order valence-corrected chi connectivity index (χ1v) is 4.80. The molecule has 0 aromatic rings. The molecule has 0 unspecified atom stereocenters. The molecule has 1 rings (SSSR count). The molecule has 0 aromatic heterocycles. The summed E-state index contributed by atoms with van der Waals surface area (Å²) < 4.78 is 0. The molecule has 0 radical (unpaired) electrons. The molecule has 1 aliphatic heterocycles. The molecule has 16 heavy (non-hydrogen) atoms. The normalized spacial score (nSPS) is 22.7. The van der Waals surface area contributed by atoms with Gasteiger partial charge in [0.1, 0.15) is 0 Å². The number of carboxylic acid groups (broad SMARTS) is 1. The van der Waals surface area contributed by atoms with Crippen molar-refractivity contribution in [2.45, 2.75) is 25.8 Å². The maximum atomic E-state index is 11.4. The van der Waals surface area contributed by atoms with Crippen LogP contribution in [0, 0.1) is 5.92 Å². The number of nitrogens with zero attached hydrogens (tertiary/aromatic N) is 2. The zero-order valence-electron chi connectivity index (χ0n) is 8.64. The van der Waals surface area contributed by atoms with Crippen molar-refractivity contribution in [3.63, 3.8) is 0 Å². The molecule has 1 heterocycles. The Hall–Kier alpha value is -2.01. The van der Waals surface area contributed by atoms with Crippen molar-refractivity contribution in [3.8, 4) is 0 Å². The summed E-state index contributed by atoms with van der Waals surface area (Å²) in [5.41, 5.74) is 7.44. The number of ketones is 1. The van der Waals surface area contributed by atoms with Crippen LogP contribution in [0.15, 0.2) is 0 Å². The smallest absolute Gasteiger partial charge is 0.441 e. The summed E-state index contributed by atoms with van der Waals surface area (Å²) in [6, 6.07) is -0.360. The average Bonchev–Trinajstić information content (AvgIpc) is 2.17. The fourth-order valence-corrected chi connectivity index (χ4v) is 1.65. The SMILES string of the molecule is CC[C@@H]1C(=O)N[C@@H]1CC(=O)C(=[N+]=[N-])C(=O)O. The van der Waals surface area contributed by atoms with Crippen LogP contribution in [0.5, 0.6) is 0 Å². The Kier molecular flexibility index (Phi) is 3.52. The number of carbonyl (C=O) groups is 3. The standard InChI is InChI=1S/C9H11N3O4/c1-2-4-5(11-8(4)14)3-6(13)7(12-10)9(15)16/h4-5H,2-3H2,1H3,(H,11,14)(H,15,16)/t4-,5+/m0/s1. The Labute approximate surface area is 91.1 Å². The second kappa shape index (κ2) is 4.67. The molecule has 0 aromatic carbocycles. The zero-order valence-corrected chi connectivity index (χ0v) is 8.64. The number of carbonyl (C=O) groups excluding carboxylic acids is 2. The Bertz CT molecular complexity index is 398. The minimum absolute atomic E-state index is 0.141. The van der Waals surface area contributed by atoms with Gasteiger partial charge >= 0.3 is 11.7 Å². The molecule has 0 spiro atoms. The van der Waals surface area contributed by atoms with E-state index in [4.69, 9.17) is 10.6 Å². The maximum Gasteiger partial charge on any atom is 0.441 e. The lowest BCUT2D eigenvalue weighted by atomic mass is 9.84. The Morgan fingerprint density at radius 1 is 1.56 bits per heavy atom. The molecule has 7 heteroatoms. The zero-order chi connectivity index (χ0) is 12.3. The van der Waals surface area contributed by atoms with Crippen molar-refractivity contribution < 1.29 is 24.3 Å². The number of nitrogens with one attached hydrogen (secondary N) is 1. The van der Waals surface area contributed by atoms with E-state index in [0.29, 0.717) is 6.42 Å². The molecule has 86 valence electrons. The summed E-state index contributed by atoms with van der Waals surface area (Å²) in [4.78, 5) is 35.3. The second-order valence-corrected chi connectivity index (χ2v) is 3.51. The van der Waals surface area contributed by atoms with Gasteiger partial charge in [0.15, 0.2) is 0 Å². The Balaban J connectivity index is 2.63. The van der Waals surface area contributed by atoms with E-state index >= 15 is 0 Å². The number of Topliss-reactive ketones (excluding diaryl/α,β-unsaturated/α-hetero) is 1. The molecule has 1 fully saturated rings. The molecule has 1 amide bonds. The molecule has 2 atom stereocenters. The highest BCUT2D eigenvalue weighted by Gasteiger charge is 2.41. The molecule has 2 N–H and O–H groups in total. The molecule has 1 saturated heterocycles. The third-order valence-electron chi connectivity index (χ3n) is 2.56. The van der Waals surface area contributed by atoms with Gasteiger partial charge in [0, 0.05) is 12.5 Å². The first-order valence-electron chi connectivity index (χ1n) is 4.80. The summed E-state index contributed by atoms with van der Waals surface area (Å²) in [7, 11) is 0. The van der Waals surface area contributed by atoms with Crippen molar-refractivity contribution in [1.29, 1.82) is 0 Å². The first-order chi connectivity index (χ1) is 7.51. The number of aliphatic carboxylic acids is 1. The summed E-state index contributed by atoms with van der Waals surface area (Å²) >= 11 is 0. The van der Waals surface area contributed by atoms with Gasteiger partial charge in [0.05, 0.1) is 5.92 Å². The van der Waals surface area contributed by atoms with E-state index in [2.05, 4.69) is 10.1 Å². The van der Waals surface area contributed by atoms with E-state index in [1.165, 1.54) is 0 Å². The van der Waals surface area contributed by atoms with Crippen LogP contribution in [0.4, 0.5) is 0 Å². The lowest BCUT2D eigenvalue weighted by Crippen LogP contribution is -2.59. The predicted octanol–water partition coefficient (Wildman–Crippen LogP) is -0.774. The van der Waals surface area contributed by atoms with E-state index in [-0.39, 0.29) is 24.3 Å². The van der Waals surface area contributed by atoms with E-state index in [1.54, 1.807) is 6.92 Å². The molecule has 0 bridgehead atoms. The summed E-state index contributed by atoms with van der Waals surface area (Å²) in [5, 5.41) is 11.0. The molecular formula is C9H11N3O4. The number of rotatable bonds is 5. The van der Waals surface area contributed by atoms with Gasteiger partial charge in [-0.25, -0.2) is 4.79 Å². The van der Waals surface area contributed by atoms with Crippen LogP contribution >= 0.6 is 0 Å². The minimum Gasteiger partial charge on any atom is -0.472 e. The van der Waals surface area contributed by atoms with Crippen molar-refractivity contribution >= 4 is 23.4 Å². The highest BCUT2D eigenvalue weighted by Crippen LogP contribution is 2.21. The van der Waals surface area contributed by atoms with Crippen LogP contribution in [-0.2, 0) is 14.4 Å². The highest BCUT2D eigenvalue weighted by molar-refractivity contribution is 6.62. The number of carboxylic acids is 1. The third kappa shape index (κ3) is 2.14. The van der Waals surface area contributed by atoms with Gasteiger partial charge in [-0.1, -0.05) is 6.92 Å². The average molecular weight is 225 g/mol. The fourth-order valence-electron chi connectivity index (χ4n) is 1.65. The van der Waals surface area contributed by atoms with Crippen molar-refractivity contribution in [2.24, 2.45) is 5.92 Å². The first kappa shape index (κ1) is 12.1. The molecular weight excluding hydrogens is 214 g/mol. The van der Waals surface area contributed by atoms with Crippen LogP contribution in [0.2, 0.25) is 0 Å². The van der Waals surface area contributed by atoms with E-state index in [1.807, 2.05) is 0 Å². The van der Waals surface area contributed by atoms with Gasteiger partial charge in [-0.3, -0.25) is 9.59 Å². The van der Waals surface area contributed by atoms with Gasteiger partial charge in [-0.05, 0) is 6.42 Å². The highest BCUT2D eigenvalue weighted by atomic mass is 16.4. The number of hydrogen-bond acceptors (Lipinski definition) is 3. The van der Waals surface area contributed by atoms with Gasteiger partial charge in [-0.2, -0.15) is 4.79 Å². The van der Waals surface area contributed by atoms with Crippen LogP contribution in [-0.4, -0.2) is 39.3 Å². The maximum absolute atomic E-state index is 11.4. The fraction of sp³-hybridized carbons (Fsp3) is 0.556. The van der Waals surface area contributed by atoms with Gasteiger partial charge in [0.2, 0.25) is 5.91 Å². The largest absolute Gasteiger partial charge is 0.472 e. The lowest BCUT2D eigenvalue weighted by Gasteiger charge is -2.35. The van der Waals surface area contributed by atoms with Crippen LogP contribution < -0.4 is 5.32 Å². The van der Waals surface area contributed by atoms with Crippen molar-refractivity contribution in [3.05, 3.63) is 5.53 Å². The quantitative estimate of drug-likeness (QED) is 0.210. The molecule has 1 aliphatic rings. The van der Waals surface area contributed by atoms with Gasteiger partial charge in [-0.15, -0.1) is 0 Å².